The fraction of sp³-hybridized carbons (Fsp3) is 0.0909. The molecule has 0 aliphatic heterocycles. The first-order valence-corrected chi connectivity index (χ1v) is 5.98. The minimum atomic E-state index is -0.635. The summed E-state index contributed by atoms with van der Waals surface area (Å²) in [5.41, 5.74) is 0.774. The Bertz CT molecular complexity index is 471. The molecule has 0 bridgehead atoms. The number of carbonyl (C=O) groups excluding carboxylic acids is 1. The third kappa shape index (κ3) is 3.65. The van der Waals surface area contributed by atoms with Gasteiger partial charge >= 0.3 is 5.97 Å². The lowest BCUT2D eigenvalue weighted by Crippen LogP contribution is -2.06. The van der Waals surface area contributed by atoms with Crippen molar-refractivity contribution in [1.29, 1.82) is 5.26 Å². The second-order valence-corrected chi connectivity index (χ2v) is 5.03. The number of carbonyl (C=O) groups is 1. The van der Waals surface area contributed by atoms with Crippen LogP contribution >= 0.6 is 27.3 Å². The minimum absolute atomic E-state index is 0.0212. The predicted molar refractivity (Wildman–Crippen MR) is 66.8 cm³/mol. The van der Waals surface area contributed by atoms with E-state index in [0.29, 0.717) is 0 Å². The highest BCUT2D eigenvalue weighted by Crippen LogP contribution is 2.22. The molecule has 0 saturated heterocycles. The first kappa shape index (κ1) is 12.7. The molecule has 1 aromatic heterocycles. The van der Waals surface area contributed by atoms with Gasteiger partial charge < -0.3 is 4.74 Å². The third-order valence-corrected chi connectivity index (χ3v) is 3.09. The van der Waals surface area contributed by atoms with E-state index in [1.807, 2.05) is 17.5 Å². The van der Waals surface area contributed by atoms with Crippen molar-refractivity contribution in [2.75, 3.05) is 6.61 Å². The molecule has 1 heterocycles. The van der Waals surface area contributed by atoms with Crippen molar-refractivity contribution in [3.63, 3.8) is 0 Å². The lowest BCUT2D eigenvalue weighted by Gasteiger charge is -1.98. The van der Waals surface area contributed by atoms with Crippen molar-refractivity contribution < 1.29 is 9.53 Å². The van der Waals surface area contributed by atoms with E-state index in [9.17, 15) is 4.79 Å². The summed E-state index contributed by atoms with van der Waals surface area (Å²) in [7, 11) is 0. The van der Waals surface area contributed by atoms with Gasteiger partial charge in [-0.05, 0) is 39.0 Å². The van der Waals surface area contributed by atoms with E-state index in [-0.39, 0.29) is 12.2 Å². The van der Waals surface area contributed by atoms with Gasteiger partial charge in [-0.15, -0.1) is 11.3 Å². The maximum atomic E-state index is 11.4. The first-order chi connectivity index (χ1) is 7.67. The van der Waals surface area contributed by atoms with Crippen LogP contribution in [0.3, 0.4) is 0 Å². The van der Waals surface area contributed by atoms with E-state index in [1.165, 1.54) is 23.5 Å². The molecule has 0 unspecified atom stereocenters. The standard InChI is InChI=1S/C11H8BrNO2S/c1-2-3-15-11(14)9(6-13)4-8-5-10(12)16-7-8/h2,4-5,7H,1,3H2/b9-4-. The van der Waals surface area contributed by atoms with Crippen molar-refractivity contribution >= 4 is 39.3 Å². The van der Waals surface area contributed by atoms with Crippen LogP contribution in [0.2, 0.25) is 0 Å². The summed E-state index contributed by atoms with van der Waals surface area (Å²) in [5, 5.41) is 10.6. The maximum Gasteiger partial charge on any atom is 0.349 e. The fourth-order valence-electron chi connectivity index (χ4n) is 0.915. The summed E-state index contributed by atoms with van der Waals surface area (Å²) in [6, 6.07) is 3.63. The van der Waals surface area contributed by atoms with Crippen LogP contribution in [0.1, 0.15) is 5.56 Å². The minimum Gasteiger partial charge on any atom is -0.457 e. The van der Waals surface area contributed by atoms with Crippen molar-refractivity contribution in [2.45, 2.75) is 0 Å². The average molecular weight is 298 g/mol. The Labute approximate surface area is 106 Å². The molecule has 0 radical (unpaired) electrons. The summed E-state index contributed by atoms with van der Waals surface area (Å²) in [5.74, 6) is -0.635. The van der Waals surface area contributed by atoms with Crippen LogP contribution < -0.4 is 0 Å². The summed E-state index contributed by atoms with van der Waals surface area (Å²) >= 11 is 4.78. The van der Waals surface area contributed by atoms with Crippen molar-refractivity contribution in [3.05, 3.63) is 39.0 Å². The molecule has 3 nitrogen and oxygen atoms in total. The molecular formula is C11H8BrNO2S. The molecule has 82 valence electrons. The van der Waals surface area contributed by atoms with Crippen LogP contribution in [0.4, 0.5) is 0 Å². The van der Waals surface area contributed by atoms with Gasteiger partial charge in [0.2, 0.25) is 0 Å². The van der Waals surface area contributed by atoms with E-state index in [1.54, 1.807) is 0 Å². The third-order valence-electron chi connectivity index (χ3n) is 1.57. The zero-order chi connectivity index (χ0) is 12.0. The highest BCUT2D eigenvalue weighted by atomic mass is 79.9. The van der Waals surface area contributed by atoms with E-state index in [4.69, 9.17) is 10.00 Å². The van der Waals surface area contributed by atoms with Crippen LogP contribution in [0.5, 0.6) is 0 Å². The van der Waals surface area contributed by atoms with Gasteiger partial charge in [-0.1, -0.05) is 12.7 Å². The fourth-order valence-corrected chi connectivity index (χ4v) is 2.05. The van der Waals surface area contributed by atoms with Gasteiger partial charge in [0.1, 0.15) is 18.2 Å². The number of hydrogen-bond acceptors (Lipinski definition) is 4. The molecule has 0 aliphatic rings. The normalized spacial score (nSPS) is 10.6. The lowest BCUT2D eigenvalue weighted by atomic mass is 10.2. The Morgan fingerprint density at radius 3 is 3.00 bits per heavy atom. The molecule has 1 rings (SSSR count). The summed E-state index contributed by atoms with van der Waals surface area (Å²) in [6.07, 6.45) is 2.95. The number of nitriles is 1. The van der Waals surface area contributed by atoms with Gasteiger partial charge in [-0.3, -0.25) is 0 Å². The first-order valence-electron chi connectivity index (χ1n) is 4.31. The molecule has 0 aromatic carbocycles. The van der Waals surface area contributed by atoms with Gasteiger partial charge in [0.05, 0.1) is 3.79 Å². The van der Waals surface area contributed by atoms with Gasteiger partial charge in [0.25, 0.3) is 0 Å². The number of rotatable bonds is 4. The van der Waals surface area contributed by atoms with Crippen molar-refractivity contribution in [3.8, 4) is 6.07 Å². The van der Waals surface area contributed by atoms with Gasteiger partial charge in [0.15, 0.2) is 0 Å². The van der Waals surface area contributed by atoms with Crippen LogP contribution in [0.25, 0.3) is 6.08 Å². The molecule has 0 spiro atoms. The Balaban J connectivity index is 2.82. The lowest BCUT2D eigenvalue weighted by molar-refractivity contribution is -0.137. The van der Waals surface area contributed by atoms with E-state index in [0.717, 1.165) is 9.35 Å². The maximum absolute atomic E-state index is 11.4. The number of halogens is 1. The summed E-state index contributed by atoms with van der Waals surface area (Å²) in [4.78, 5) is 11.4. The predicted octanol–water partition coefficient (Wildman–Crippen LogP) is 3.15. The molecule has 0 aliphatic carbocycles. The second-order valence-electron chi connectivity index (χ2n) is 2.74. The number of nitrogens with zero attached hydrogens (tertiary/aromatic N) is 1. The Morgan fingerprint density at radius 2 is 2.50 bits per heavy atom. The molecular weight excluding hydrogens is 290 g/mol. The number of esters is 1. The number of hydrogen-bond donors (Lipinski definition) is 0. The molecule has 0 N–H and O–H groups in total. The summed E-state index contributed by atoms with van der Waals surface area (Å²) < 4.78 is 5.71. The van der Waals surface area contributed by atoms with Gasteiger partial charge in [0, 0.05) is 0 Å². The van der Waals surface area contributed by atoms with Gasteiger partial charge in [-0.2, -0.15) is 5.26 Å². The van der Waals surface area contributed by atoms with Crippen molar-refractivity contribution in [1.82, 2.24) is 0 Å². The highest BCUT2D eigenvalue weighted by Gasteiger charge is 2.10. The zero-order valence-electron chi connectivity index (χ0n) is 8.27. The molecule has 1 aromatic rings. The zero-order valence-corrected chi connectivity index (χ0v) is 10.7. The highest BCUT2D eigenvalue weighted by molar-refractivity contribution is 9.11. The largest absolute Gasteiger partial charge is 0.457 e. The monoisotopic (exact) mass is 297 g/mol. The van der Waals surface area contributed by atoms with Gasteiger partial charge in [-0.25, -0.2) is 4.79 Å². The smallest absolute Gasteiger partial charge is 0.349 e. The number of thiophene rings is 1. The second kappa shape index (κ2) is 6.26. The summed E-state index contributed by atoms with van der Waals surface area (Å²) in [6.45, 7) is 3.52. The molecule has 0 fully saturated rings. The molecule has 0 atom stereocenters. The molecule has 0 amide bonds. The number of ether oxygens (including phenoxy) is 1. The van der Waals surface area contributed by atoms with Crippen LogP contribution in [0.15, 0.2) is 33.5 Å². The molecule has 16 heavy (non-hydrogen) atoms. The van der Waals surface area contributed by atoms with E-state index < -0.39 is 5.97 Å². The molecule has 0 saturated carbocycles. The topological polar surface area (TPSA) is 50.1 Å². The Hall–Kier alpha value is -1.38. The average Bonchev–Trinajstić information content (AvgIpc) is 2.68. The quantitative estimate of drug-likeness (QED) is 0.371. The molecule has 5 heteroatoms. The Morgan fingerprint density at radius 1 is 1.75 bits per heavy atom. The van der Waals surface area contributed by atoms with Crippen molar-refractivity contribution in [2.24, 2.45) is 0 Å². The van der Waals surface area contributed by atoms with E-state index in [2.05, 4.69) is 22.5 Å². The van der Waals surface area contributed by atoms with E-state index >= 15 is 0 Å². The Kier molecular flexibility index (Phi) is 4.96. The SMILES string of the molecule is C=CCOC(=O)/C(C#N)=C\c1csc(Br)c1. The van der Waals surface area contributed by atoms with Crippen LogP contribution in [-0.2, 0) is 9.53 Å². The van der Waals surface area contributed by atoms with Crippen LogP contribution in [0, 0.1) is 11.3 Å². The van der Waals surface area contributed by atoms with Crippen LogP contribution in [-0.4, -0.2) is 12.6 Å².